The first-order valence-corrected chi connectivity index (χ1v) is 4.97. The Hall–Kier alpha value is -1.15. The second-order valence-electron chi connectivity index (χ2n) is 3.15. The van der Waals surface area contributed by atoms with Gasteiger partial charge in [-0.05, 0) is 30.3 Å². The summed E-state index contributed by atoms with van der Waals surface area (Å²) in [7, 11) is 0. The third kappa shape index (κ3) is 3.71. The lowest BCUT2D eigenvalue weighted by atomic mass is 10.2. The van der Waals surface area contributed by atoms with Gasteiger partial charge in [0.25, 0.3) is 0 Å². The number of hydrogen-bond donors (Lipinski definition) is 0. The summed E-state index contributed by atoms with van der Waals surface area (Å²) >= 11 is 4.97. The van der Waals surface area contributed by atoms with Gasteiger partial charge >= 0.3 is 0 Å². The van der Waals surface area contributed by atoms with E-state index in [9.17, 15) is 0 Å². The minimum absolute atomic E-state index is 0.515. The van der Waals surface area contributed by atoms with Crippen LogP contribution >= 0.6 is 12.2 Å². The van der Waals surface area contributed by atoms with Crippen LogP contribution in [0.25, 0.3) is 0 Å². The van der Waals surface area contributed by atoms with Crippen molar-refractivity contribution in [1.29, 1.82) is 0 Å². The molecule has 14 heavy (non-hydrogen) atoms. The van der Waals surface area contributed by atoms with Crippen LogP contribution in [-0.4, -0.2) is 11.7 Å². The Kier molecular flexibility index (Phi) is 4.33. The summed E-state index contributed by atoms with van der Waals surface area (Å²) in [4.78, 5) is 0. The zero-order valence-electron chi connectivity index (χ0n) is 8.32. The van der Waals surface area contributed by atoms with Gasteiger partial charge in [0.05, 0.1) is 6.61 Å². The van der Waals surface area contributed by atoms with Crippen LogP contribution in [0, 0.1) is 0 Å². The number of rotatable bonds is 4. The number of thiocarbonyl (C=S) groups is 1. The van der Waals surface area contributed by atoms with Crippen LogP contribution in [0.15, 0.2) is 42.5 Å². The highest BCUT2D eigenvalue weighted by atomic mass is 32.1. The number of benzene rings is 1. The SMILES string of the molecule is C=C(C)C(=S)OCCc1ccccc1. The van der Waals surface area contributed by atoms with E-state index in [4.69, 9.17) is 17.0 Å². The van der Waals surface area contributed by atoms with E-state index in [1.54, 1.807) is 0 Å². The molecule has 0 aliphatic rings. The fourth-order valence-corrected chi connectivity index (χ4v) is 1.11. The molecule has 1 aromatic rings. The zero-order chi connectivity index (χ0) is 10.4. The van der Waals surface area contributed by atoms with Crippen LogP contribution in [0.5, 0.6) is 0 Å². The van der Waals surface area contributed by atoms with Crippen LogP contribution < -0.4 is 0 Å². The predicted octanol–water partition coefficient (Wildman–Crippen LogP) is 3.15. The summed E-state index contributed by atoms with van der Waals surface area (Å²) in [5.41, 5.74) is 2.07. The first kappa shape index (κ1) is 10.9. The molecule has 1 rings (SSSR count). The summed E-state index contributed by atoms with van der Waals surface area (Å²) in [6, 6.07) is 10.2. The van der Waals surface area contributed by atoms with Gasteiger partial charge in [0.1, 0.15) is 0 Å². The first-order valence-electron chi connectivity index (χ1n) is 4.56. The van der Waals surface area contributed by atoms with Crippen molar-refractivity contribution in [2.24, 2.45) is 0 Å². The molecule has 0 aliphatic carbocycles. The highest BCUT2D eigenvalue weighted by Crippen LogP contribution is 2.01. The molecule has 74 valence electrons. The topological polar surface area (TPSA) is 9.23 Å². The molecule has 0 N–H and O–H groups in total. The van der Waals surface area contributed by atoms with E-state index in [1.165, 1.54) is 5.56 Å². The normalized spacial score (nSPS) is 9.50. The molecule has 0 fully saturated rings. The monoisotopic (exact) mass is 206 g/mol. The van der Waals surface area contributed by atoms with E-state index in [2.05, 4.69) is 18.7 Å². The standard InChI is InChI=1S/C12H14OS/c1-10(2)12(14)13-9-8-11-6-4-3-5-7-11/h3-7H,1,8-9H2,2H3. The minimum atomic E-state index is 0.515. The molecule has 0 spiro atoms. The minimum Gasteiger partial charge on any atom is -0.483 e. The molecule has 0 heterocycles. The van der Waals surface area contributed by atoms with Crippen LogP contribution in [-0.2, 0) is 11.2 Å². The predicted molar refractivity (Wildman–Crippen MR) is 63.5 cm³/mol. The maximum absolute atomic E-state index is 5.34. The Balaban J connectivity index is 2.29. The van der Waals surface area contributed by atoms with Gasteiger partial charge in [-0.25, -0.2) is 0 Å². The van der Waals surface area contributed by atoms with Gasteiger partial charge in [0.15, 0.2) is 5.05 Å². The molecule has 0 amide bonds. The van der Waals surface area contributed by atoms with E-state index in [-0.39, 0.29) is 0 Å². The van der Waals surface area contributed by atoms with E-state index < -0.39 is 0 Å². The molecule has 0 radical (unpaired) electrons. The smallest absolute Gasteiger partial charge is 0.186 e. The zero-order valence-corrected chi connectivity index (χ0v) is 9.14. The largest absolute Gasteiger partial charge is 0.483 e. The van der Waals surface area contributed by atoms with Crippen molar-refractivity contribution in [2.75, 3.05) is 6.61 Å². The molecule has 0 saturated carbocycles. The molecule has 2 heteroatoms. The van der Waals surface area contributed by atoms with Crippen LogP contribution in [0.2, 0.25) is 0 Å². The second kappa shape index (κ2) is 5.55. The van der Waals surface area contributed by atoms with Crippen molar-refractivity contribution >= 4 is 17.3 Å². The second-order valence-corrected chi connectivity index (χ2v) is 3.52. The van der Waals surface area contributed by atoms with Gasteiger partial charge < -0.3 is 4.74 Å². The lowest BCUT2D eigenvalue weighted by Crippen LogP contribution is -2.05. The summed E-state index contributed by atoms with van der Waals surface area (Å²) < 4.78 is 5.34. The molecule has 1 aromatic carbocycles. The summed E-state index contributed by atoms with van der Waals surface area (Å²) in [5, 5.41) is 0.515. The third-order valence-corrected chi connectivity index (χ3v) is 2.28. The lowest BCUT2D eigenvalue weighted by molar-refractivity contribution is 0.318. The van der Waals surface area contributed by atoms with Crippen molar-refractivity contribution in [2.45, 2.75) is 13.3 Å². The quantitative estimate of drug-likeness (QED) is 0.553. The maximum Gasteiger partial charge on any atom is 0.186 e. The Morgan fingerprint density at radius 3 is 2.57 bits per heavy atom. The Morgan fingerprint density at radius 1 is 1.36 bits per heavy atom. The summed E-state index contributed by atoms with van der Waals surface area (Å²) in [5.74, 6) is 0. The van der Waals surface area contributed by atoms with E-state index >= 15 is 0 Å². The van der Waals surface area contributed by atoms with Crippen LogP contribution in [0.3, 0.4) is 0 Å². The molecular weight excluding hydrogens is 192 g/mol. The van der Waals surface area contributed by atoms with Crippen molar-refractivity contribution < 1.29 is 4.74 Å². The molecular formula is C12H14OS. The molecule has 0 aromatic heterocycles. The van der Waals surface area contributed by atoms with Gasteiger partial charge in [-0.1, -0.05) is 36.9 Å². The van der Waals surface area contributed by atoms with Gasteiger partial charge in [-0.15, -0.1) is 0 Å². The fraction of sp³-hybridized carbons (Fsp3) is 0.250. The molecule has 0 saturated heterocycles. The lowest BCUT2D eigenvalue weighted by Gasteiger charge is -2.06. The average Bonchev–Trinajstić information content (AvgIpc) is 2.19. The Labute approximate surface area is 90.4 Å². The fourth-order valence-electron chi connectivity index (χ4n) is 1.03. The number of hydrogen-bond acceptors (Lipinski definition) is 2. The number of ether oxygens (including phenoxy) is 1. The molecule has 0 aliphatic heterocycles. The molecule has 1 nitrogen and oxygen atoms in total. The van der Waals surface area contributed by atoms with E-state index in [0.29, 0.717) is 11.7 Å². The van der Waals surface area contributed by atoms with E-state index in [0.717, 1.165) is 12.0 Å². The van der Waals surface area contributed by atoms with Gasteiger partial charge in [0.2, 0.25) is 0 Å². The molecule has 0 bridgehead atoms. The maximum atomic E-state index is 5.34. The van der Waals surface area contributed by atoms with Gasteiger partial charge in [-0.2, -0.15) is 0 Å². The first-order chi connectivity index (χ1) is 6.70. The highest BCUT2D eigenvalue weighted by molar-refractivity contribution is 7.80. The van der Waals surface area contributed by atoms with Crippen molar-refractivity contribution in [1.82, 2.24) is 0 Å². The third-order valence-electron chi connectivity index (χ3n) is 1.82. The highest BCUT2D eigenvalue weighted by Gasteiger charge is 1.97. The van der Waals surface area contributed by atoms with Crippen molar-refractivity contribution in [3.05, 3.63) is 48.0 Å². The van der Waals surface area contributed by atoms with Gasteiger partial charge in [-0.3, -0.25) is 0 Å². The van der Waals surface area contributed by atoms with E-state index in [1.807, 2.05) is 25.1 Å². The van der Waals surface area contributed by atoms with Crippen LogP contribution in [0.1, 0.15) is 12.5 Å². The average molecular weight is 206 g/mol. The Bertz CT molecular complexity index is 316. The summed E-state index contributed by atoms with van der Waals surface area (Å²) in [6.45, 7) is 6.19. The van der Waals surface area contributed by atoms with Crippen molar-refractivity contribution in [3.63, 3.8) is 0 Å². The van der Waals surface area contributed by atoms with Crippen LogP contribution in [0.4, 0.5) is 0 Å². The van der Waals surface area contributed by atoms with Gasteiger partial charge in [0, 0.05) is 6.42 Å². The van der Waals surface area contributed by atoms with Crippen molar-refractivity contribution in [3.8, 4) is 0 Å². The molecule has 0 unspecified atom stereocenters. The molecule has 0 atom stereocenters. The Morgan fingerprint density at radius 2 is 2.00 bits per heavy atom. The summed E-state index contributed by atoms with van der Waals surface area (Å²) in [6.07, 6.45) is 0.883.